The molecule has 4 nitrogen and oxygen atoms in total. The molecule has 0 spiro atoms. The smallest absolute Gasteiger partial charge is 0.0480 e. The fourth-order valence-corrected chi connectivity index (χ4v) is 4.26. The highest BCUT2D eigenvalue weighted by Crippen LogP contribution is 2.23. The summed E-state index contributed by atoms with van der Waals surface area (Å²) in [4.78, 5) is 0. The topological polar surface area (TPSA) is 66.8 Å². The number of aromatic nitrogens is 1. The van der Waals surface area contributed by atoms with Crippen molar-refractivity contribution in [3.63, 3.8) is 0 Å². The molecule has 0 saturated carbocycles. The SMILES string of the molecule is CCCC(NC)C(C)Cn1ccc2cc(/C(C=N)=C/N)ccc21.SCCc1ccccc1. The lowest BCUT2D eigenvalue weighted by atomic mass is 9.97. The van der Waals surface area contributed by atoms with E-state index in [1.54, 1.807) is 0 Å². The van der Waals surface area contributed by atoms with Crippen molar-refractivity contribution in [2.45, 2.75) is 45.7 Å². The van der Waals surface area contributed by atoms with Crippen LogP contribution < -0.4 is 11.1 Å². The van der Waals surface area contributed by atoms with E-state index in [-0.39, 0.29) is 0 Å². The minimum atomic E-state index is 0.543. The van der Waals surface area contributed by atoms with Crippen LogP contribution in [-0.4, -0.2) is 29.6 Å². The van der Waals surface area contributed by atoms with Crippen molar-refractivity contribution in [1.29, 1.82) is 5.41 Å². The Labute approximate surface area is 198 Å². The summed E-state index contributed by atoms with van der Waals surface area (Å²) in [5, 5.41) is 12.1. The van der Waals surface area contributed by atoms with Crippen molar-refractivity contribution >= 4 is 35.3 Å². The first-order valence-electron chi connectivity index (χ1n) is 11.4. The molecule has 2 unspecified atom stereocenters. The minimum absolute atomic E-state index is 0.543. The zero-order chi connectivity index (χ0) is 23.3. The van der Waals surface area contributed by atoms with Gasteiger partial charge in [-0.15, -0.1) is 0 Å². The van der Waals surface area contributed by atoms with E-state index in [2.05, 4.69) is 92.1 Å². The minimum Gasteiger partial charge on any atom is -0.404 e. The molecular formula is C27H38N4S. The van der Waals surface area contributed by atoms with Gasteiger partial charge < -0.3 is 21.0 Å². The molecule has 3 rings (SSSR count). The maximum atomic E-state index is 7.43. The first-order valence-corrected chi connectivity index (χ1v) is 12.0. The largest absolute Gasteiger partial charge is 0.404 e. The van der Waals surface area contributed by atoms with Crippen LogP contribution in [0.25, 0.3) is 16.5 Å². The Morgan fingerprint density at radius 3 is 2.53 bits per heavy atom. The number of rotatable bonds is 10. The van der Waals surface area contributed by atoms with Crippen molar-refractivity contribution in [1.82, 2.24) is 9.88 Å². The lowest BCUT2D eigenvalue weighted by Gasteiger charge is -2.24. The van der Waals surface area contributed by atoms with E-state index in [9.17, 15) is 0 Å². The van der Waals surface area contributed by atoms with Crippen LogP contribution in [0.4, 0.5) is 0 Å². The zero-order valence-electron chi connectivity index (χ0n) is 19.6. The van der Waals surface area contributed by atoms with Gasteiger partial charge >= 0.3 is 0 Å². The normalized spacial score (nSPS) is 13.3. The Bertz CT molecular complexity index is 978. The molecule has 0 fully saturated rings. The third-order valence-electron chi connectivity index (χ3n) is 5.82. The summed E-state index contributed by atoms with van der Waals surface area (Å²) in [7, 11) is 2.05. The van der Waals surface area contributed by atoms with Crippen LogP contribution in [-0.2, 0) is 13.0 Å². The number of nitrogens with two attached hydrogens (primary N) is 1. The molecule has 2 atom stereocenters. The average molecular weight is 451 g/mol. The summed E-state index contributed by atoms with van der Waals surface area (Å²) >= 11 is 4.13. The number of aryl methyl sites for hydroxylation is 1. The summed E-state index contributed by atoms with van der Waals surface area (Å²) in [5.74, 6) is 1.50. The summed E-state index contributed by atoms with van der Waals surface area (Å²) in [6, 6.07) is 19.3. The van der Waals surface area contributed by atoms with Crippen molar-refractivity contribution in [2.75, 3.05) is 12.8 Å². The maximum Gasteiger partial charge on any atom is 0.0480 e. The summed E-state index contributed by atoms with van der Waals surface area (Å²) in [6.07, 6.45) is 8.40. The second-order valence-corrected chi connectivity index (χ2v) is 8.58. The molecule has 5 heteroatoms. The van der Waals surface area contributed by atoms with Gasteiger partial charge in [-0.05, 0) is 60.9 Å². The maximum absolute atomic E-state index is 7.43. The van der Waals surface area contributed by atoms with Gasteiger partial charge in [0, 0.05) is 47.7 Å². The molecule has 0 radical (unpaired) electrons. The highest BCUT2D eigenvalue weighted by molar-refractivity contribution is 7.80. The molecule has 32 heavy (non-hydrogen) atoms. The van der Waals surface area contributed by atoms with Gasteiger partial charge in [0.2, 0.25) is 0 Å². The number of nitrogens with zero attached hydrogens (tertiary/aromatic N) is 1. The number of benzene rings is 2. The number of hydrogen-bond acceptors (Lipinski definition) is 4. The van der Waals surface area contributed by atoms with E-state index in [0.717, 1.165) is 29.9 Å². The van der Waals surface area contributed by atoms with Crippen LogP contribution >= 0.6 is 12.6 Å². The molecule has 0 bridgehead atoms. The van der Waals surface area contributed by atoms with Crippen LogP contribution in [0.15, 0.2) is 67.0 Å². The monoisotopic (exact) mass is 450 g/mol. The number of allylic oxidation sites excluding steroid dienone is 1. The Hall–Kier alpha value is -2.50. The van der Waals surface area contributed by atoms with Gasteiger partial charge in [-0.1, -0.05) is 56.7 Å². The molecule has 0 saturated heterocycles. The predicted octanol–water partition coefficient (Wildman–Crippen LogP) is 5.77. The van der Waals surface area contributed by atoms with Gasteiger partial charge in [-0.3, -0.25) is 0 Å². The fourth-order valence-electron chi connectivity index (χ4n) is 4.00. The summed E-state index contributed by atoms with van der Waals surface area (Å²) < 4.78 is 2.32. The molecule has 0 aliphatic heterocycles. The number of hydrogen-bond donors (Lipinski definition) is 4. The van der Waals surface area contributed by atoms with Crippen molar-refractivity contribution in [2.24, 2.45) is 11.7 Å². The molecule has 1 heterocycles. The molecule has 0 aliphatic rings. The number of thiol groups is 1. The molecule has 0 aliphatic carbocycles. The second-order valence-electron chi connectivity index (χ2n) is 8.13. The lowest BCUT2D eigenvalue weighted by molar-refractivity contribution is 0.339. The molecule has 0 amide bonds. The Kier molecular flexibility index (Phi) is 11.1. The van der Waals surface area contributed by atoms with E-state index >= 15 is 0 Å². The third-order valence-corrected chi connectivity index (χ3v) is 6.05. The van der Waals surface area contributed by atoms with E-state index < -0.39 is 0 Å². The predicted molar refractivity (Wildman–Crippen MR) is 144 cm³/mol. The highest BCUT2D eigenvalue weighted by atomic mass is 32.1. The molecule has 1 aromatic heterocycles. The molecule has 2 aromatic carbocycles. The van der Waals surface area contributed by atoms with Crippen LogP contribution in [0.3, 0.4) is 0 Å². The molecule has 4 N–H and O–H groups in total. The van der Waals surface area contributed by atoms with Crippen LogP contribution in [0.5, 0.6) is 0 Å². The number of fused-ring (bicyclic) bond motifs is 1. The summed E-state index contributed by atoms with van der Waals surface area (Å²) in [5.41, 5.74) is 9.91. The van der Waals surface area contributed by atoms with Gasteiger partial charge in [0.15, 0.2) is 0 Å². The Balaban J connectivity index is 0.000000336. The van der Waals surface area contributed by atoms with Crippen molar-refractivity contribution in [3.05, 3.63) is 78.1 Å². The van der Waals surface area contributed by atoms with E-state index in [0.29, 0.717) is 12.0 Å². The van der Waals surface area contributed by atoms with Gasteiger partial charge in [0.05, 0.1) is 0 Å². The van der Waals surface area contributed by atoms with Crippen molar-refractivity contribution < 1.29 is 0 Å². The summed E-state index contributed by atoms with van der Waals surface area (Å²) in [6.45, 7) is 5.54. The van der Waals surface area contributed by atoms with Gasteiger partial charge in [-0.2, -0.15) is 12.6 Å². The van der Waals surface area contributed by atoms with Crippen LogP contribution in [0, 0.1) is 11.3 Å². The molecular weight excluding hydrogens is 412 g/mol. The van der Waals surface area contributed by atoms with E-state index in [1.165, 1.54) is 41.7 Å². The standard InChI is InChI=1S/C19H28N4.C8H10S/c1-4-5-18(22-3)14(2)13-23-9-8-16-10-15(6-7-19(16)23)17(11-20)12-21;9-7-6-8-4-2-1-3-5-8/h6-12,14,18,20,22H,4-5,13,21H2,1-3H3;1-5,9H,6-7H2/b17-12+,20-11?;. The quantitative estimate of drug-likeness (QED) is 0.234. The highest BCUT2D eigenvalue weighted by Gasteiger charge is 2.16. The van der Waals surface area contributed by atoms with E-state index in [1.807, 2.05) is 12.1 Å². The zero-order valence-corrected chi connectivity index (χ0v) is 20.5. The van der Waals surface area contributed by atoms with Gasteiger partial charge in [0.1, 0.15) is 0 Å². The first kappa shape index (κ1) is 25.8. The first-order chi connectivity index (χ1) is 15.6. The third kappa shape index (κ3) is 7.28. The van der Waals surface area contributed by atoms with Crippen LogP contribution in [0.1, 0.15) is 37.8 Å². The van der Waals surface area contributed by atoms with E-state index in [4.69, 9.17) is 11.1 Å². The van der Waals surface area contributed by atoms with Gasteiger partial charge in [-0.25, -0.2) is 0 Å². The average Bonchev–Trinajstić information content (AvgIpc) is 3.21. The van der Waals surface area contributed by atoms with Crippen LogP contribution in [0.2, 0.25) is 0 Å². The Morgan fingerprint density at radius 1 is 1.19 bits per heavy atom. The van der Waals surface area contributed by atoms with Gasteiger partial charge in [0.25, 0.3) is 0 Å². The molecule has 172 valence electrons. The second kappa shape index (κ2) is 13.8. The van der Waals surface area contributed by atoms with Crippen molar-refractivity contribution in [3.8, 4) is 0 Å². The lowest BCUT2D eigenvalue weighted by Crippen LogP contribution is -2.34. The fraction of sp³-hybridized carbons (Fsp3) is 0.370. The number of nitrogens with one attached hydrogen (secondary N) is 2. The molecule has 3 aromatic rings. The Morgan fingerprint density at radius 2 is 1.94 bits per heavy atom.